The molecule has 0 aliphatic carbocycles. The van der Waals surface area contributed by atoms with Crippen LogP contribution in [-0.2, 0) is 6.42 Å². The maximum absolute atomic E-state index is 5.78. The van der Waals surface area contributed by atoms with Crippen molar-refractivity contribution in [2.45, 2.75) is 66.7 Å². The molecule has 1 aromatic rings. The van der Waals surface area contributed by atoms with E-state index in [1.54, 1.807) is 0 Å². The first-order chi connectivity index (χ1) is 11.5. The SMILES string of the molecule is CCc1ccc(OCC=C(C)CCC=C(C)CCC=C(C)C)cc1. The molecule has 24 heavy (non-hydrogen) atoms. The molecule has 0 N–H and O–H groups in total. The van der Waals surface area contributed by atoms with Gasteiger partial charge in [-0.3, -0.25) is 0 Å². The summed E-state index contributed by atoms with van der Waals surface area (Å²) in [6.07, 6.45) is 12.5. The first-order valence-corrected chi connectivity index (χ1v) is 9.17. The van der Waals surface area contributed by atoms with Crippen LogP contribution in [0.4, 0.5) is 0 Å². The lowest BCUT2D eigenvalue weighted by Crippen LogP contribution is -1.95. The number of ether oxygens (including phenoxy) is 1. The van der Waals surface area contributed by atoms with E-state index in [-0.39, 0.29) is 0 Å². The smallest absolute Gasteiger partial charge is 0.119 e. The van der Waals surface area contributed by atoms with Crippen LogP contribution in [0, 0.1) is 0 Å². The third-order valence-corrected chi connectivity index (χ3v) is 4.14. The summed E-state index contributed by atoms with van der Waals surface area (Å²) in [7, 11) is 0. The van der Waals surface area contributed by atoms with E-state index in [0.29, 0.717) is 6.61 Å². The highest BCUT2D eigenvalue weighted by atomic mass is 16.5. The van der Waals surface area contributed by atoms with Crippen LogP contribution >= 0.6 is 0 Å². The van der Waals surface area contributed by atoms with E-state index in [1.807, 2.05) is 0 Å². The van der Waals surface area contributed by atoms with E-state index in [2.05, 4.69) is 77.1 Å². The molecule has 1 aromatic carbocycles. The van der Waals surface area contributed by atoms with Gasteiger partial charge < -0.3 is 4.74 Å². The third-order valence-electron chi connectivity index (χ3n) is 4.14. The second-order valence-corrected chi connectivity index (χ2v) is 6.77. The van der Waals surface area contributed by atoms with Crippen LogP contribution < -0.4 is 4.74 Å². The molecule has 0 saturated heterocycles. The van der Waals surface area contributed by atoms with E-state index in [9.17, 15) is 0 Å². The van der Waals surface area contributed by atoms with Crippen molar-refractivity contribution in [2.75, 3.05) is 6.61 Å². The zero-order valence-corrected chi connectivity index (χ0v) is 16.2. The summed E-state index contributed by atoms with van der Waals surface area (Å²) < 4.78 is 5.78. The number of hydrogen-bond donors (Lipinski definition) is 0. The molecule has 0 saturated carbocycles. The van der Waals surface area contributed by atoms with Gasteiger partial charge in [0.05, 0.1) is 0 Å². The fourth-order valence-corrected chi connectivity index (χ4v) is 2.44. The molecular formula is C23H34O. The zero-order chi connectivity index (χ0) is 17.8. The Kier molecular flexibility index (Phi) is 9.91. The normalized spacial score (nSPS) is 12.2. The second-order valence-electron chi connectivity index (χ2n) is 6.77. The Morgan fingerprint density at radius 1 is 0.833 bits per heavy atom. The molecule has 0 heterocycles. The van der Waals surface area contributed by atoms with Crippen LogP contribution in [0.3, 0.4) is 0 Å². The fourth-order valence-electron chi connectivity index (χ4n) is 2.44. The molecule has 0 aliphatic heterocycles. The Balaban J connectivity index is 2.27. The summed E-state index contributed by atoms with van der Waals surface area (Å²) in [5, 5.41) is 0. The first kappa shape index (κ1) is 20.3. The van der Waals surface area contributed by atoms with Gasteiger partial charge in [-0.1, -0.05) is 47.9 Å². The highest BCUT2D eigenvalue weighted by molar-refractivity contribution is 5.27. The molecule has 0 bridgehead atoms. The van der Waals surface area contributed by atoms with Crippen LogP contribution in [0.25, 0.3) is 0 Å². The van der Waals surface area contributed by atoms with E-state index >= 15 is 0 Å². The molecule has 132 valence electrons. The average Bonchev–Trinajstić information content (AvgIpc) is 2.55. The Bertz CT molecular complexity index is 554. The Morgan fingerprint density at radius 3 is 2.00 bits per heavy atom. The summed E-state index contributed by atoms with van der Waals surface area (Å²) in [6, 6.07) is 8.38. The van der Waals surface area contributed by atoms with Gasteiger partial charge in [0.1, 0.15) is 12.4 Å². The Morgan fingerprint density at radius 2 is 1.42 bits per heavy atom. The summed E-state index contributed by atoms with van der Waals surface area (Å²) in [6.45, 7) is 11.6. The van der Waals surface area contributed by atoms with Gasteiger partial charge in [-0.05, 0) is 83.6 Å². The molecule has 0 atom stereocenters. The van der Waals surface area contributed by atoms with Crippen LogP contribution in [0.5, 0.6) is 5.75 Å². The molecule has 0 aromatic heterocycles. The summed E-state index contributed by atoms with van der Waals surface area (Å²) >= 11 is 0. The standard InChI is InChI=1S/C23H34O/c1-6-22-13-15-23(16-14-22)24-18-17-21(5)12-8-11-20(4)10-7-9-19(2)3/h9,11,13-17H,6-8,10,12,18H2,1-5H3. The summed E-state index contributed by atoms with van der Waals surface area (Å²) in [5.41, 5.74) is 5.65. The average molecular weight is 327 g/mol. The molecular weight excluding hydrogens is 292 g/mol. The quantitative estimate of drug-likeness (QED) is 0.419. The minimum Gasteiger partial charge on any atom is -0.490 e. The molecule has 0 unspecified atom stereocenters. The molecule has 1 heteroatoms. The highest BCUT2D eigenvalue weighted by Crippen LogP contribution is 2.14. The highest BCUT2D eigenvalue weighted by Gasteiger charge is 1.95. The number of rotatable bonds is 10. The summed E-state index contributed by atoms with van der Waals surface area (Å²) in [4.78, 5) is 0. The van der Waals surface area contributed by atoms with Gasteiger partial charge in [-0.2, -0.15) is 0 Å². The van der Waals surface area contributed by atoms with Gasteiger partial charge in [-0.25, -0.2) is 0 Å². The van der Waals surface area contributed by atoms with Gasteiger partial charge in [0.2, 0.25) is 0 Å². The molecule has 0 aliphatic rings. The Hall–Kier alpha value is -1.76. The predicted molar refractivity (Wildman–Crippen MR) is 107 cm³/mol. The first-order valence-electron chi connectivity index (χ1n) is 9.17. The Labute approximate surface area is 149 Å². The van der Waals surface area contributed by atoms with Crippen molar-refractivity contribution in [3.8, 4) is 5.75 Å². The molecule has 1 nitrogen and oxygen atoms in total. The topological polar surface area (TPSA) is 9.23 Å². The van der Waals surface area contributed by atoms with Crippen molar-refractivity contribution in [1.82, 2.24) is 0 Å². The minimum absolute atomic E-state index is 0.653. The van der Waals surface area contributed by atoms with Crippen LogP contribution in [0.1, 0.15) is 65.9 Å². The molecule has 1 rings (SSSR count). The van der Waals surface area contributed by atoms with Crippen LogP contribution in [0.15, 0.2) is 59.2 Å². The maximum atomic E-state index is 5.78. The van der Waals surface area contributed by atoms with Crippen molar-refractivity contribution in [3.63, 3.8) is 0 Å². The minimum atomic E-state index is 0.653. The maximum Gasteiger partial charge on any atom is 0.119 e. The lowest BCUT2D eigenvalue weighted by Gasteiger charge is -2.05. The molecule has 0 spiro atoms. The monoisotopic (exact) mass is 326 g/mol. The number of aryl methyl sites for hydroxylation is 1. The van der Waals surface area contributed by atoms with Crippen molar-refractivity contribution in [2.24, 2.45) is 0 Å². The predicted octanol–water partition coefficient (Wildman–Crippen LogP) is 7.05. The lowest BCUT2D eigenvalue weighted by molar-refractivity contribution is 0.361. The number of hydrogen-bond acceptors (Lipinski definition) is 1. The molecule has 0 fully saturated rings. The summed E-state index contributed by atoms with van der Waals surface area (Å²) in [5.74, 6) is 0.950. The van der Waals surface area contributed by atoms with E-state index < -0.39 is 0 Å². The van der Waals surface area contributed by atoms with E-state index in [0.717, 1.165) is 31.4 Å². The van der Waals surface area contributed by atoms with Gasteiger partial charge in [-0.15, -0.1) is 0 Å². The van der Waals surface area contributed by atoms with Crippen molar-refractivity contribution in [3.05, 3.63) is 64.8 Å². The largest absolute Gasteiger partial charge is 0.490 e. The fraction of sp³-hybridized carbons (Fsp3) is 0.478. The second kappa shape index (κ2) is 11.7. The van der Waals surface area contributed by atoms with Gasteiger partial charge in [0, 0.05) is 0 Å². The third kappa shape index (κ3) is 9.39. The lowest BCUT2D eigenvalue weighted by atomic mass is 10.1. The molecule has 0 radical (unpaired) electrons. The van der Waals surface area contributed by atoms with Crippen LogP contribution in [-0.4, -0.2) is 6.61 Å². The molecule has 0 amide bonds. The van der Waals surface area contributed by atoms with Gasteiger partial charge in [0.15, 0.2) is 0 Å². The van der Waals surface area contributed by atoms with Crippen molar-refractivity contribution < 1.29 is 4.74 Å². The van der Waals surface area contributed by atoms with E-state index in [4.69, 9.17) is 4.74 Å². The van der Waals surface area contributed by atoms with Crippen LogP contribution in [0.2, 0.25) is 0 Å². The van der Waals surface area contributed by atoms with Gasteiger partial charge >= 0.3 is 0 Å². The number of benzene rings is 1. The van der Waals surface area contributed by atoms with Crippen molar-refractivity contribution in [1.29, 1.82) is 0 Å². The van der Waals surface area contributed by atoms with Gasteiger partial charge in [0.25, 0.3) is 0 Å². The number of allylic oxidation sites excluding steroid dienone is 5. The van der Waals surface area contributed by atoms with Crippen molar-refractivity contribution >= 4 is 0 Å². The zero-order valence-electron chi connectivity index (χ0n) is 16.2. The van der Waals surface area contributed by atoms with E-state index in [1.165, 1.54) is 28.7 Å².